The van der Waals surface area contributed by atoms with Gasteiger partial charge in [-0.25, -0.2) is 4.98 Å². The molecule has 0 spiro atoms. The molecule has 3 aromatic rings. The highest BCUT2D eigenvalue weighted by atomic mass is 32.1. The zero-order valence-electron chi connectivity index (χ0n) is 16.7. The Bertz CT molecular complexity index is 990. The highest BCUT2D eigenvalue weighted by Gasteiger charge is 2.15. The number of hydrogen-bond donors (Lipinski definition) is 2. The Labute approximate surface area is 177 Å². The number of aromatic nitrogens is 1. The van der Waals surface area contributed by atoms with Gasteiger partial charge in [-0.05, 0) is 29.8 Å². The number of nitrogens with zero attached hydrogens (tertiary/aromatic N) is 1. The van der Waals surface area contributed by atoms with Gasteiger partial charge in [0.2, 0.25) is 11.7 Å². The summed E-state index contributed by atoms with van der Waals surface area (Å²) in [5.41, 5.74) is 1.35. The molecule has 0 radical (unpaired) electrons. The van der Waals surface area contributed by atoms with Gasteiger partial charge in [-0.1, -0.05) is 0 Å². The number of carbonyl (C=O) groups is 2. The Morgan fingerprint density at radius 3 is 2.47 bits per heavy atom. The van der Waals surface area contributed by atoms with Crippen molar-refractivity contribution in [3.63, 3.8) is 0 Å². The zero-order valence-corrected chi connectivity index (χ0v) is 17.5. The summed E-state index contributed by atoms with van der Waals surface area (Å²) in [6.07, 6.45) is 1.50. The fourth-order valence-electron chi connectivity index (χ4n) is 2.68. The quantitative estimate of drug-likeness (QED) is 0.536. The summed E-state index contributed by atoms with van der Waals surface area (Å²) in [5.74, 6) is 1.09. The SMILES string of the molecule is COc1cc(CNC(=O)Cc2csc(NC(=O)c3ccco3)n2)cc(OC)c1OC. The summed E-state index contributed by atoms with van der Waals surface area (Å²) in [5, 5.41) is 7.58. The first-order chi connectivity index (χ1) is 14.5. The van der Waals surface area contributed by atoms with Gasteiger partial charge >= 0.3 is 0 Å². The molecule has 2 N–H and O–H groups in total. The van der Waals surface area contributed by atoms with Crippen LogP contribution in [0.1, 0.15) is 21.8 Å². The largest absolute Gasteiger partial charge is 0.493 e. The van der Waals surface area contributed by atoms with E-state index in [-0.39, 0.29) is 24.6 Å². The van der Waals surface area contributed by atoms with E-state index in [0.717, 1.165) is 5.56 Å². The number of amides is 2. The molecule has 30 heavy (non-hydrogen) atoms. The summed E-state index contributed by atoms with van der Waals surface area (Å²) >= 11 is 1.23. The van der Waals surface area contributed by atoms with Crippen LogP contribution in [0.25, 0.3) is 0 Å². The van der Waals surface area contributed by atoms with Gasteiger partial charge in [-0.15, -0.1) is 11.3 Å². The molecule has 0 aliphatic rings. The summed E-state index contributed by atoms with van der Waals surface area (Å²) in [6.45, 7) is 0.280. The maximum absolute atomic E-state index is 12.3. The van der Waals surface area contributed by atoms with E-state index in [1.807, 2.05) is 0 Å². The van der Waals surface area contributed by atoms with E-state index in [0.29, 0.717) is 28.1 Å². The molecule has 0 unspecified atom stereocenters. The van der Waals surface area contributed by atoms with Gasteiger partial charge in [-0.2, -0.15) is 0 Å². The van der Waals surface area contributed by atoms with Crippen LogP contribution >= 0.6 is 11.3 Å². The van der Waals surface area contributed by atoms with Gasteiger partial charge in [0.1, 0.15) is 0 Å². The first kappa shape index (κ1) is 21.2. The maximum Gasteiger partial charge on any atom is 0.293 e. The van der Waals surface area contributed by atoms with Crippen LogP contribution in [-0.2, 0) is 17.8 Å². The number of furan rings is 1. The Kier molecular flexibility index (Phi) is 6.91. The predicted octanol–water partition coefficient (Wildman–Crippen LogP) is 2.87. The van der Waals surface area contributed by atoms with E-state index in [4.69, 9.17) is 18.6 Å². The number of nitrogens with one attached hydrogen (secondary N) is 2. The molecule has 2 amide bonds. The molecule has 1 aromatic carbocycles. The predicted molar refractivity (Wildman–Crippen MR) is 110 cm³/mol. The van der Waals surface area contributed by atoms with Gasteiger partial charge in [0.15, 0.2) is 22.4 Å². The van der Waals surface area contributed by atoms with Crippen LogP contribution in [0.5, 0.6) is 17.2 Å². The molecule has 0 atom stereocenters. The molecule has 0 bridgehead atoms. The highest BCUT2D eigenvalue weighted by molar-refractivity contribution is 7.14. The van der Waals surface area contributed by atoms with Crippen molar-refractivity contribution in [2.45, 2.75) is 13.0 Å². The van der Waals surface area contributed by atoms with Crippen LogP contribution in [0.2, 0.25) is 0 Å². The fraction of sp³-hybridized carbons (Fsp3) is 0.250. The van der Waals surface area contributed by atoms with Crippen LogP contribution in [0.4, 0.5) is 5.13 Å². The number of hydrogen-bond acceptors (Lipinski definition) is 8. The number of benzene rings is 1. The third-order valence-corrected chi connectivity index (χ3v) is 4.88. The van der Waals surface area contributed by atoms with Gasteiger partial charge in [0, 0.05) is 11.9 Å². The Hall–Kier alpha value is -3.53. The molecule has 10 heteroatoms. The van der Waals surface area contributed by atoms with Crippen molar-refractivity contribution in [3.05, 3.63) is 52.9 Å². The summed E-state index contributed by atoms with van der Waals surface area (Å²) in [4.78, 5) is 28.5. The van der Waals surface area contributed by atoms with Gasteiger partial charge in [0.25, 0.3) is 5.91 Å². The molecule has 0 saturated heterocycles. The van der Waals surface area contributed by atoms with Crippen molar-refractivity contribution in [2.24, 2.45) is 0 Å². The van der Waals surface area contributed by atoms with E-state index < -0.39 is 5.91 Å². The van der Waals surface area contributed by atoms with Crippen molar-refractivity contribution in [3.8, 4) is 17.2 Å². The minimum absolute atomic E-state index is 0.0809. The van der Waals surface area contributed by atoms with Crippen LogP contribution in [-0.4, -0.2) is 38.1 Å². The maximum atomic E-state index is 12.3. The minimum Gasteiger partial charge on any atom is -0.493 e. The lowest BCUT2D eigenvalue weighted by atomic mass is 10.1. The van der Waals surface area contributed by atoms with Crippen molar-refractivity contribution in [1.29, 1.82) is 0 Å². The van der Waals surface area contributed by atoms with Crippen molar-refractivity contribution in [2.75, 3.05) is 26.6 Å². The normalized spacial score (nSPS) is 10.4. The molecule has 3 rings (SSSR count). The molecule has 9 nitrogen and oxygen atoms in total. The molecule has 158 valence electrons. The van der Waals surface area contributed by atoms with Crippen LogP contribution in [0.15, 0.2) is 40.3 Å². The Morgan fingerprint density at radius 1 is 1.13 bits per heavy atom. The number of anilines is 1. The van der Waals surface area contributed by atoms with Gasteiger partial charge < -0.3 is 23.9 Å². The molecular weight excluding hydrogens is 410 g/mol. The molecule has 0 aliphatic carbocycles. The first-order valence-corrected chi connectivity index (χ1v) is 9.76. The Balaban J connectivity index is 1.56. The molecule has 0 saturated carbocycles. The first-order valence-electron chi connectivity index (χ1n) is 8.89. The minimum atomic E-state index is -0.396. The molecule has 0 aliphatic heterocycles. The van der Waals surface area contributed by atoms with Crippen molar-refractivity contribution >= 4 is 28.3 Å². The summed E-state index contributed by atoms with van der Waals surface area (Å²) < 4.78 is 21.0. The van der Waals surface area contributed by atoms with Crippen molar-refractivity contribution < 1.29 is 28.2 Å². The monoisotopic (exact) mass is 431 g/mol. The average molecular weight is 431 g/mol. The topological polar surface area (TPSA) is 112 Å². The molecular formula is C20H21N3O6S. The van der Waals surface area contributed by atoms with Crippen LogP contribution < -0.4 is 24.8 Å². The lowest BCUT2D eigenvalue weighted by molar-refractivity contribution is -0.120. The second-order valence-corrected chi connectivity index (χ2v) is 6.92. The molecule has 0 fully saturated rings. The third-order valence-electron chi connectivity index (χ3n) is 4.07. The lowest BCUT2D eigenvalue weighted by Crippen LogP contribution is -2.24. The summed E-state index contributed by atoms with van der Waals surface area (Å²) in [6, 6.07) is 6.72. The van der Waals surface area contributed by atoms with E-state index in [1.54, 1.807) is 29.6 Å². The fourth-order valence-corrected chi connectivity index (χ4v) is 3.38. The zero-order chi connectivity index (χ0) is 21.5. The second-order valence-electron chi connectivity index (χ2n) is 6.06. The van der Waals surface area contributed by atoms with E-state index in [2.05, 4.69) is 15.6 Å². The van der Waals surface area contributed by atoms with Gasteiger partial charge in [0.05, 0.1) is 39.7 Å². The third kappa shape index (κ3) is 5.09. The van der Waals surface area contributed by atoms with Crippen LogP contribution in [0, 0.1) is 0 Å². The number of thiazole rings is 1. The number of carbonyl (C=O) groups excluding carboxylic acids is 2. The van der Waals surface area contributed by atoms with E-state index in [9.17, 15) is 9.59 Å². The Morgan fingerprint density at radius 2 is 1.87 bits per heavy atom. The highest BCUT2D eigenvalue weighted by Crippen LogP contribution is 2.38. The molecule has 2 aromatic heterocycles. The van der Waals surface area contributed by atoms with Crippen LogP contribution in [0.3, 0.4) is 0 Å². The standard InChI is InChI=1S/C20H21N3O6S/c1-26-15-7-12(8-16(27-2)18(15)28-3)10-21-17(24)9-13-11-30-20(22-13)23-19(25)14-5-4-6-29-14/h4-8,11H,9-10H2,1-3H3,(H,21,24)(H,22,23,25). The number of methoxy groups -OCH3 is 3. The average Bonchev–Trinajstić information content (AvgIpc) is 3.43. The number of rotatable bonds is 9. The van der Waals surface area contributed by atoms with Gasteiger partial charge in [-0.3, -0.25) is 14.9 Å². The van der Waals surface area contributed by atoms with E-state index in [1.165, 1.54) is 38.9 Å². The number of ether oxygens (including phenoxy) is 3. The molecule has 2 heterocycles. The lowest BCUT2D eigenvalue weighted by Gasteiger charge is -2.14. The smallest absolute Gasteiger partial charge is 0.293 e. The van der Waals surface area contributed by atoms with E-state index >= 15 is 0 Å². The second kappa shape index (κ2) is 9.79. The van der Waals surface area contributed by atoms with Crippen molar-refractivity contribution in [1.82, 2.24) is 10.3 Å². The summed E-state index contributed by atoms with van der Waals surface area (Å²) in [7, 11) is 4.59.